The number of carbonyl (C=O) groups excluding carboxylic acids is 1. The van der Waals surface area contributed by atoms with Crippen molar-refractivity contribution in [2.75, 3.05) is 7.11 Å². The molecule has 2 aromatic carbocycles. The molecule has 0 aliphatic heterocycles. The Morgan fingerprint density at radius 1 is 1.20 bits per heavy atom. The van der Waals surface area contributed by atoms with Gasteiger partial charge in [-0.2, -0.15) is 0 Å². The van der Waals surface area contributed by atoms with E-state index in [1.165, 1.54) is 6.07 Å². The lowest BCUT2D eigenvalue weighted by atomic mass is 9.98. The predicted octanol–water partition coefficient (Wildman–Crippen LogP) is 3.89. The zero-order valence-electron chi connectivity index (χ0n) is 14.3. The fourth-order valence-electron chi connectivity index (χ4n) is 3.22. The van der Waals surface area contributed by atoms with Gasteiger partial charge in [-0.05, 0) is 36.8 Å². The summed E-state index contributed by atoms with van der Waals surface area (Å²) in [5, 5.41) is 11.9. The van der Waals surface area contributed by atoms with Crippen LogP contribution >= 0.6 is 0 Å². The summed E-state index contributed by atoms with van der Waals surface area (Å²) in [4.78, 5) is 24.2. The van der Waals surface area contributed by atoms with E-state index in [1.807, 2.05) is 18.5 Å². The molecular formula is C19H18N2O4. The fraction of sp³-hybridized carbons (Fsp3) is 0.211. The summed E-state index contributed by atoms with van der Waals surface area (Å²) in [7, 11) is 3.38. The van der Waals surface area contributed by atoms with Gasteiger partial charge in [-0.25, -0.2) is 0 Å². The van der Waals surface area contributed by atoms with Gasteiger partial charge in [-0.15, -0.1) is 0 Å². The molecule has 3 rings (SSSR count). The van der Waals surface area contributed by atoms with Crippen LogP contribution in [-0.2, 0) is 13.5 Å². The average Bonchev–Trinajstić information content (AvgIpc) is 2.93. The number of nitro groups is 1. The van der Waals surface area contributed by atoms with E-state index >= 15 is 0 Å². The van der Waals surface area contributed by atoms with Gasteiger partial charge in [0.15, 0.2) is 5.78 Å². The minimum atomic E-state index is -0.438. The maximum atomic E-state index is 13.2. The van der Waals surface area contributed by atoms with Crippen LogP contribution in [0.2, 0.25) is 0 Å². The number of carbonyl (C=O) groups is 1. The van der Waals surface area contributed by atoms with Crippen molar-refractivity contribution in [3.05, 3.63) is 69.4 Å². The second-order valence-electron chi connectivity index (χ2n) is 5.72. The van der Waals surface area contributed by atoms with E-state index in [0.717, 1.165) is 5.69 Å². The molecule has 0 fully saturated rings. The lowest BCUT2D eigenvalue weighted by molar-refractivity contribution is -0.383. The number of aryl methyl sites for hydroxylation is 1. The van der Waals surface area contributed by atoms with E-state index in [2.05, 4.69) is 0 Å². The molecule has 3 aromatic rings. The first-order valence-corrected chi connectivity index (χ1v) is 7.93. The summed E-state index contributed by atoms with van der Waals surface area (Å²) in [6, 6.07) is 11.6. The minimum absolute atomic E-state index is 0.0512. The Labute approximate surface area is 144 Å². The van der Waals surface area contributed by atoms with Crippen LogP contribution in [0.5, 0.6) is 5.75 Å². The summed E-state index contributed by atoms with van der Waals surface area (Å²) >= 11 is 0. The van der Waals surface area contributed by atoms with Crippen molar-refractivity contribution in [1.29, 1.82) is 0 Å². The molecule has 1 heterocycles. The molecule has 6 heteroatoms. The summed E-state index contributed by atoms with van der Waals surface area (Å²) in [6.07, 6.45) is 0.597. The van der Waals surface area contributed by atoms with Gasteiger partial charge in [0.2, 0.25) is 0 Å². The van der Waals surface area contributed by atoms with Crippen LogP contribution in [0.3, 0.4) is 0 Å². The van der Waals surface area contributed by atoms with E-state index in [0.29, 0.717) is 34.2 Å². The van der Waals surface area contributed by atoms with Crippen LogP contribution in [0, 0.1) is 10.1 Å². The van der Waals surface area contributed by atoms with E-state index in [9.17, 15) is 14.9 Å². The van der Waals surface area contributed by atoms with Gasteiger partial charge in [0, 0.05) is 24.4 Å². The Morgan fingerprint density at radius 3 is 2.44 bits per heavy atom. The van der Waals surface area contributed by atoms with Gasteiger partial charge >= 0.3 is 0 Å². The number of benzene rings is 2. The third kappa shape index (κ3) is 2.65. The molecule has 0 aliphatic carbocycles. The molecule has 0 saturated carbocycles. The van der Waals surface area contributed by atoms with Crippen LogP contribution in [-0.4, -0.2) is 22.4 Å². The van der Waals surface area contributed by atoms with Crippen LogP contribution < -0.4 is 4.74 Å². The molecule has 128 valence electrons. The number of ether oxygens (including phenoxy) is 1. The van der Waals surface area contributed by atoms with Crippen LogP contribution in [0.25, 0.3) is 10.9 Å². The predicted molar refractivity (Wildman–Crippen MR) is 95.4 cm³/mol. The normalized spacial score (nSPS) is 10.8. The first-order chi connectivity index (χ1) is 12.0. The van der Waals surface area contributed by atoms with Crippen molar-refractivity contribution in [2.24, 2.45) is 7.05 Å². The van der Waals surface area contributed by atoms with Crippen molar-refractivity contribution in [2.45, 2.75) is 13.3 Å². The molecule has 0 N–H and O–H groups in total. The maximum Gasteiger partial charge on any atom is 0.279 e. The standard InChI is InChI=1S/C19H18N2O4/c1-4-14-18(19(22)12-8-10-13(25-3)11-9-12)17-15(20(14)2)6-5-7-16(17)21(23)24/h5-11H,4H2,1-3H3. The number of aromatic nitrogens is 1. The molecule has 1 aromatic heterocycles. The summed E-state index contributed by atoms with van der Waals surface area (Å²) in [6.45, 7) is 1.94. The Kier molecular flexibility index (Phi) is 4.27. The number of fused-ring (bicyclic) bond motifs is 1. The summed E-state index contributed by atoms with van der Waals surface area (Å²) < 4.78 is 6.98. The van der Waals surface area contributed by atoms with Crippen LogP contribution in [0.1, 0.15) is 28.5 Å². The van der Waals surface area contributed by atoms with Gasteiger partial charge in [0.05, 0.1) is 28.5 Å². The van der Waals surface area contributed by atoms with Crippen molar-refractivity contribution < 1.29 is 14.5 Å². The van der Waals surface area contributed by atoms with E-state index in [4.69, 9.17) is 4.74 Å². The van der Waals surface area contributed by atoms with E-state index in [1.54, 1.807) is 43.5 Å². The molecule has 0 spiro atoms. The van der Waals surface area contributed by atoms with Crippen LogP contribution in [0.4, 0.5) is 5.69 Å². The Hall–Kier alpha value is -3.15. The lowest BCUT2D eigenvalue weighted by Crippen LogP contribution is -2.06. The van der Waals surface area contributed by atoms with Gasteiger partial charge in [0.1, 0.15) is 5.75 Å². The van der Waals surface area contributed by atoms with Crippen molar-refractivity contribution in [3.63, 3.8) is 0 Å². The molecule has 0 unspecified atom stereocenters. The van der Waals surface area contributed by atoms with E-state index < -0.39 is 4.92 Å². The Morgan fingerprint density at radius 2 is 1.88 bits per heavy atom. The molecule has 0 atom stereocenters. The topological polar surface area (TPSA) is 74.4 Å². The second-order valence-corrected chi connectivity index (χ2v) is 5.72. The SMILES string of the molecule is CCc1c(C(=O)c2ccc(OC)cc2)c2c([N+](=O)[O-])cccc2n1C. The zero-order chi connectivity index (χ0) is 18.1. The molecule has 0 amide bonds. The number of non-ortho nitro benzene ring substituents is 1. The lowest BCUT2D eigenvalue weighted by Gasteiger charge is -2.06. The highest BCUT2D eigenvalue weighted by atomic mass is 16.6. The molecular weight excluding hydrogens is 320 g/mol. The summed E-state index contributed by atoms with van der Waals surface area (Å²) in [5.41, 5.74) is 2.29. The first-order valence-electron chi connectivity index (χ1n) is 7.93. The highest BCUT2D eigenvalue weighted by Crippen LogP contribution is 2.34. The van der Waals surface area contributed by atoms with Gasteiger partial charge in [-0.3, -0.25) is 14.9 Å². The third-order valence-corrected chi connectivity index (χ3v) is 4.44. The molecule has 0 saturated heterocycles. The minimum Gasteiger partial charge on any atom is -0.497 e. The Balaban J connectivity index is 2.29. The number of hydrogen-bond acceptors (Lipinski definition) is 4. The van der Waals surface area contributed by atoms with Gasteiger partial charge in [-0.1, -0.05) is 13.0 Å². The molecule has 0 aliphatic rings. The first kappa shape index (κ1) is 16.7. The number of nitro benzene ring substituents is 1. The average molecular weight is 338 g/mol. The van der Waals surface area contributed by atoms with Crippen molar-refractivity contribution in [3.8, 4) is 5.75 Å². The van der Waals surface area contributed by atoms with Gasteiger partial charge in [0.25, 0.3) is 5.69 Å². The Bertz CT molecular complexity index is 971. The monoisotopic (exact) mass is 338 g/mol. The maximum absolute atomic E-state index is 13.2. The highest BCUT2D eigenvalue weighted by molar-refractivity contribution is 6.19. The number of methoxy groups -OCH3 is 1. The van der Waals surface area contributed by atoms with Crippen molar-refractivity contribution >= 4 is 22.4 Å². The molecule has 25 heavy (non-hydrogen) atoms. The zero-order valence-corrected chi connectivity index (χ0v) is 14.3. The fourth-order valence-corrected chi connectivity index (χ4v) is 3.22. The van der Waals surface area contributed by atoms with E-state index in [-0.39, 0.29) is 11.5 Å². The summed E-state index contributed by atoms with van der Waals surface area (Å²) in [5.74, 6) is 0.426. The molecule has 0 bridgehead atoms. The smallest absolute Gasteiger partial charge is 0.279 e. The third-order valence-electron chi connectivity index (χ3n) is 4.44. The second kappa shape index (κ2) is 6.39. The highest BCUT2D eigenvalue weighted by Gasteiger charge is 2.27. The van der Waals surface area contributed by atoms with Crippen LogP contribution in [0.15, 0.2) is 42.5 Å². The largest absolute Gasteiger partial charge is 0.497 e. The number of hydrogen-bond donors (Lipinski definition) is 0. The number of nitrogens with zero attached hydrogens (tertiary/aromatic N) is 2. The van der Waals surface area contributed by atoms with Crippen molar-refractivity contribution in [1.82, 2.24) is 4.57 Å². The number of rotatable bonds is 5. The van der Waals surface area contributed by atoms with Gasteiger partial charge < -0.3 is 9.30 Å². The molecule has 0 radical (unpaired) electrons. The molecule has 6 nitrogen and oxygen atoms in total. The number of ketones is 1. The quantitative estimate of drug-likeness (QED) is 0.402.